The monoisotopic (exact) mass is 247 g/mol. The lowest BCUT2D eigenvalue weighted by atomic mass is 10.1. The van der Waals surface area contributed by atoms with Gasteiger partial charge in [0.25, 0.3) is 0 Å². The second kappa shape index (κ2) is 6.66. The summed E-state index contributed by atoms with van der Waals surface area (Å²) in [6.45, 7) is 2.16. The predicted molar refractivity (Wildman–Crippen MR) is 68.7 cm³/mol. The largest absolute Gasteiger partial charge is 0.496 e. The van der Waals surface area contributed by atoms with E-state index in [2.05, 4.69) is 0 Å². The Labute approximate surface area is 110 Å². The second-order valence-corrected chi connectivity index (χ2v) is 4.39. The molecule has 0 aliphatic rings. The van der Waals surface area contributed by atoms with Crippen LogP contribution in [0.15, 0.2) is 17.0 Å². The Morgan fingerprint density at radius 1 is 1.31 bits per heavy atom. The predicted octanol–water partition coefficient (Wildman–Crippen LogP) is 2.32. The highest BCUT2D eigenvalue weighted by Gasteiger charge is 2.10. The first-order chi connectivity index (χ1) is 10.1. The third kappa shape index (κ3) is 3.06. The van der Waals surface area contributed by atoms with Crippen LogP contribution < -0.4 is 15.2 Å². The molecule has 0 saturated carbocycles. The summed E-state index contributed by atoms with van der Waals surface area (Å²) in [7, 11) is -5.18. The molecule has 0 atom stereocenters. The molecule has 90 valence electrons. The zero-order valence-corrected chi connectivity index (χ0v) is 9.89. The lowest BCUT2D eigenvalue weighted by Crippen LogP contribution is -2.05. The number of hydrogen-bond donors (Lipinski definition) is 1. The van der Waals surface area contributed by atoms with Gasteiger partial charge in [-0.25, -0.2) is 0 Å². The summed E-state index contributed by atoms with van der Waals surface area (Å²) in [5.74, 6) is 1.01. The van der Waals surface area contributed by atoms with Crippen molar-refractivity contribution in [2.24, 2.45) is 5.73 Å². The van der Waals surface area contributed by atoms with Crippen LogP contribution in [0, 0.1) is 0 Å². The molecule has 2 N–H and O–H groups in total. The Kier molecular flexibility index (Phi) is 2.81. The van der Waals surface area contributed by atoms with Crippen LogP contribution in [0.3, 0.4) is 0 Å². The first-order valence-electron chi connectivity index (χ1n) is 7.93. The maximum atomic E-state index is 7.22. The minimum absolute atomic E-state index is 0.166. The van der Waals surface area contributed by atoms with Gasteiger partial charge in [-0.15, -0.1) is 11.8 Å². The Balaban J connectivity index is 3.30. The van der Waals surface area contributed by atoms with Gasteiger partial charge in [-0.1, -0.05) is 6.92 Å². The summed E-state index contributed by atoms with van der Waals surface area (Å²) in [6.07, 6.45) is 0.347. The van der Waals surface area contributed by atoms with Gasteiger partial charge in [-0.2, -0.15) is 0 Å². The fraction of sp³-hybridized carbons (Fsp3) is 0.500. The molecule has 0 radical (unpaired) electrons. The Bertz CT molecular complexity index is 458. The van der Waals surface area contributed by atoms with E-state index in [0.29, 0.717) is 22.6 Å². The molecule has 0 aliphatic carbocycles. The van der Waals surface area contributed by atoms with Gasteiger partial charge in [0.15, 0.2) is 0 Å². The van der Waals surface area contributed by atoms with E-state index in [9.17, 15) is 0 Å². The smallest absolute Gasteiger partial charge is 0.132 e. The van der Waals surface area contributed by atoms with Gasteiger partial charge in [0, 0.05) is 0 Å². The normalized spacial score (nSPS) is 17.4. The average Bonchev–Trinajstić information content (AvgIpc) is 2.31. The number of benzene rings is 1. The molecule has 0 amide bonds. The molecule has 16 heavy (non-hydrogen) atoms. The van der Waals surface area contributed by atoms with Gasteiger partial charge in [0.05, 0.1) is 27.2 Å². The lowest BCUT2D eigenvalue weighted by molar-refractivity contribution is 0.390. The molecular weight excluding hydrogens is 222 g/mol. The fourth-order valence-electron chi connectivity index (χ4n) is 1.38. The first-order valence-corrected chi connectivity index (χ1v) is 5.92. The first kappa shape index (κ1) is 6.77. The molecule has 0 saturated heterocycles. The Morgan fingerprint density at radius 2 is 2.06 bits per heavy atom. The number of ether oxygens (including phenoxy) is 2. The zero-order chi connectivity index (χ0) is 17.0. The van der Waals surface area contributed by atoms with Gasteiger partial charge < -0.3 is 15.2 Å². The van der Waals surface area contributed by atoms with Gasteiger partial charge in [0.2, 0.25) is 0 Å². The maximum absolute atomic E-state index is 7.22. The van der Waals surface area contributed by atoms with E-state index in [-0.39, 0.29) is 18.0 Å². The van der Waals surface area contributed by atoms with E-state index in [1.54, 1.807) is 0 Å². The van der Waals surface area contributed by atoms with Gasteiger partial charge in [-0.05, 0) is 36.4 Å². The van der Waals surface area contributed by atoms with E-state index in [1.165, 1.54) is 23.9 Å². The molecule has 1 aromatic rings. The standard InChI is InChI=1S/C12H19NO2S/c1-4-16-12-8-10(14-2)9(5-6-13)7-11(12)15-3/h7-8H,4-6,13H2,1-3H3/i2D3,3D3. The van der Waals surface area contributed by atoms with Gasteiger partial charge in [0.1, 0.15) is 11.5 Å². The third-order valence-corrected chi connectivity index (χ3v) is 2.98. The number of rotatable bonds is 6. The molecule has 1 rings (SSSR count). The summed E-state index contributed by atoms with van der Waals surface area (Å²) in [5.41, 5.74) is 6.01. The average molecular weight is 247 g/mol. The second-order valence-electron chi connectivity index (χ2n) is 3.08. The highest BCUT2D eigenvalue weighted by Crippen LogP contribution is 2.35. The summed E-state index contributed by atoms with van der Waals surface area (Å²) in [6, 6.07) is 2.98. The Hall–Kier alpha value is -0.870. The van der Waals surface area contributed by atoms with Crippen LogP contribution in [0.2, 0.25) is 0 Å². The van der Waals surface area contributed by atoms with E-state index in [1.807, 2.05) is 6.92 Å². The van der Waals surface area contributed by atoms with Crippen LogP contribution >= 0.6 is 11.8 Å². The molecular formula is C12H19NO2S. The molecule has 0 bridgehead atoms. The topological polar surface area (TPSA) is 44.5 Å². The van der Waals surface area contributed by atoms with Crippen molar-refractivity contribution in [1.82, 2.24) is 0 Å². The van der Waals surface area contributed by atoms with Gasteiger partial charge in [-0.3, -0.25) is 0 Å². The minimum atomic E-state index is -2.59. The minimum Gasteiger partial charge on any atom is -0.496 e. The number of hydrogen-bond acceptors (Lipinski definition) is 4. The summed E-state index contributed by atoms with van der Waals surface area (Å²) >= 11 is 1.34. The van der Waals surface area contributed by atoms with E-state index in [4.69, 9.17) is 23.4 Å². The number of thioether (sulfide) groups is 1. The molecule has 0 fully saturated rings. The van der Waals surface area contributed by atoms with Crippen LogP contribution in [0.5, 0.6) is 11.5 Å². The maximum Gasteiger partial charge on any atom is 0.132 e. The van der Waals surface area contributed by atoms with Crippen molar-refractivity contribution in [2.45, 2.75) is 18.2 Å². The van der Waals surface area contributed by atoms with Crippen molar-refractivity contribution in [1.29, 1.82) is 0 Å². The molecule has 0 heterocycles. The number of nitrogens with two attached hydrogens (primary N) is 1. The van der Waals surface area contributed by atoms with E-state index in [0.717, 1.165) is 0 Å². The summed E-state index contributed by atoms with van der Waals surface area (Å²) < 4.78 is 53.3. The highest BCUT2D eigenvalue weighted by molar-refractivity contribution is 7.99. The highest BCUT2D eigenvalue weighted by atomic mass is 32.2. The molecule has 0 aliphatic heterocycles. The van der Waals surface area contributed by atoms with Crippen LogP contribution in [-0.2, 0) is 6.42 Å². The van der Waals surface area contributed by atoms with Crippen molar-refractivity contribution in [2.75, 3.05) is 26.4 Å². The fourth-order valence-corrected chi connectivity index (χ4v) is 2.12. The van der Waals surface area contributed by atoms with Crippen molar-refractivity contribution in [3.8, 4) is 11.5 Å². The van der Waals surface area contributed by atoms with Crippen molar-refractivity contribution >= 4 is 11.8 Å². The number of methoxy groups -OCH3 is 2. The van der Waals surface area contributed by atoms with Crippen LogP contribution in [0.25, 0.3) is 0 Å². The summed E-state index contributed by atoms with van der Waals surface area (Å²) in [5, 5.41) is 0. The zero-order valence-electron chi connectivity index (χ0n) is 15.1. The van der Waals surface area contributed by atoms with Crippen molar-refractivity contribution in [3.05, 3.63) is 17.7 Å². The molecule has 0 spiro atoms. The third-order valence-electron chi connectivity index (χ3n) is 2.06. The molecule has 0 aromatic heterocycles. The van der Waals surface area contributed by atoms with Crippen molar-refractivity contribution < 1.29 is 17.7 Å². The van der Waals surface area contributed by atoms with E-state index >= 15 is 0 Å². The molecule has 0 unspecified atom stereocenters. The molecule has 1 aromatic carbocycles. The Morgan fingerprint density at radius 3 is 2.69 bits per heavy atom. The van der Waals surface area contributed by atoms with Crippen LogP contribution in [0.4, 0.5) is 0 Å². The van der Waals surface area contributed by atoms with Crippen molar-refractivity contribution in [3.63, 3.8) is 0 Å². The molecule has 3 nitrogen and oxygen atoms in total. The lowest BCUT2D eigenvalue weighted by Gasteiger charge is -2.13. The van der Waals surface area contributed by atoms with Gasteiger partial charge >= 0.3 is 0 Å². The van der Waals surface area contributed by atoms with Crippen LogP contribution in [-0.4, -0.2) is 26.4 Å². The summed E-state index contributed by atoms with van der Waals surface area (Å²) in [4.78, 5) is 0.513. The van der Waals surface area contributed by atoms with E-state index < -0.39 is 14.1 Å². The van der Waals surface area contributed by atoms with Crippen LogP contribution in [0.1, 0.15) is 20.7 Å². The molecule has 4 heteroatoms. The SMILES string of the molecule is [2H]C([2H])([2H])Oc1cc(SCC)c(OC([2H])([2H])[2H])cc1CCN. The quantitative estimate of drug-likeness (QED) is 0.784.